The number of rotatable bonds is 2. The van der Waals surface area contributed by atoms with Crippen LogP contribution in [-0.2, 0) is 0 Å². The molecule has 0 aliphatic rings. The summed E-state index contributed by atoms with van der Waals surface area (Å²) in [7, 11) is 0. The molecule has 1 heterocycles. The Morgan fingerprint density at radius 3 is 2.61 bits per heavy atom. The molecule has 6 heteroatoms. The Morgan fingerprint density at radius 2 is 2.00 bits per heavy atom. The number of benzene rings is 1. The van der Waals surface area contributed by atoms with E-state index in [4.69, 9.17) is 5.73 Å². The van der Waals surface area contributed by atoms with Crippen molar-refractivity contribution in [1.29, 1.82) is 0 Å². The van der Waals surface area contributed by atoms with Crippen LogP contribution >= 0.6 is 31.9 Å². The number of nitrogens with two attached hydrogens (primary N) is 1. The van der Waals surface area contributed by atoms with Crippen molar-refractivity contribution >= 4 is 49.1 Å². The normalized spacial score (nSPS) is 10.1. The van der Waals surface area contributed by atoms with Gasteiger partial charge in [0.05, 0.1) is 5.69 Å². The fourth-order valence-electron chi connectivity index (χ4n) is 1.33. The molecule has 1 amide bonds. The van der Waals surface area contributed by atoms with Crippen molar-refractivity contribution in [2.45, 2.75) is 0 Å². The minimum absolute atomic E-state index is 0.270. The summed E-state index contributed by atoms with van der Waals surface area (Å²) in [5, 5.41) is 2.75. The van der Waals surface area contributed by atoms with Crippen molar-refractivity contribution in [2.24, 2.45) is 0 Å². The van der Waals surface area contributed by atoms with Crippen LogP contribution in [0.3, 0.4) is 0 Å². The topological polar surface area (TPSA) is 68.0 Å². The van der Waals surface area contributed by atoms with Gasteiger partial charge >= 0.3 is 0 Å². The zero-order chi connectivity index (χ0) is 13.1. The highest BCUT2D eigenvalue weighted by Crippen LogP contribution is 2.25. The lowest BCUT2D eigenvalue weighted by Gasteiger charge is -2.07. The standard InChI is InChI=1S/C12H9Br2N3O/c13-7-1-3-11(16-6-7)12(18)17-10-4-2-8(15)5-9(10)14/h1-6H,15H2,(H,17,18). The van der Waals surface area contributed by atoms with E-state index < -0.39 is 0 Å². The van der Waals surface area contributed by atoms with Crippen molar-refractivity contribution in [2.75, 3.05) is 11.1 Å². The maximum Gasteiger partial charge on any atom is 0.274 e. The molecule has 0 aliphatic heterocycles. The zero-order valence-corrected chi connectivity index (χ0v) is 12.3. The van der Waals surface area contributed by atoms with Gasteiger partial charge in [0.15, 0.2) is 0 Å². The summed E-state index contributed by atoms with van der Waals surface area (Å²) in [6.45, 7) is 0. The van der Waals surface area contributed by atoms with E-state index >= 15 is 0 Å². The second-order valence-electron chi connectivity index (χ2n) is 3.56. The number of aromatic nitrogens is 1. The first-order valence-electron chi connectivity index (χ1n) is 5.04. The van der Waals surface area contributed by atoms with Gasteiger partial charge in [0.25, 0.3) is 5.91 Å². The molecule has 2 rings (SSSR count). The number of nitrogens with zero attached hydrogens (tertiary/aromatic N) is 1. The summed E-state index contributed by atoms with van der Waals surface area (Å²) >= 11 is 6.60. The average molecular weight is 371 g/mol. The van der Waals surface area contributed by atoms with Crippen molar-refractivity contribution in [3.8, 4) is 0 Å². The van der Waals surface area contributed by atoms with Crippen LogP contribution in [0.4, 0.5) is 11.4 Å². The molecule has 2 aromatic rings. The number of carbonyl (C=O) groups is 1. The lowest BCUT2D eigenvalue weighted by molar-refractivity contribution is 0.102. The van der Waals surface area contributed by atoms with E-state index in [1.165, 1.54) is 0 Å². The molecule has 0 spiro atoms. The molecule has 0 aliphatic carbocycles. The summed E-state index contributed by atoms with van der Waals surface area (Å²) < 4.78 is 1.56. The van der Waals surface area contributed by atoms with E-state index in [9.17, 15) is 4.79 Å². The van der Waals surface area contributed by atoms with E-state index in [0.29, 0.717) is 17.1 Å². The number of nitrogens with one attached hydrogen (secondary N) is 1. The molecule has 0 radical (unpaired) electrons. The van der Waals surface area contributed by atoms with E-state index in [0.717, 1.165) is 8.95 Å². The molecule has 1 aromatic carbocycles. The van der Waals surface area contributed by atoms with Gasteiger partial charge in [0, 0.05) is 20.8 Å². The number of hydrogen-bond acceptors (Lipinski definition) is 3. The van der Waals surface area contributed by atoms with Gasteiger partial charge in [-0.3, -0.25) is 4.79 Å². The van der Waals surface area contributed by atoms with Crippen LogP contribution in [0.1, 0.15) is 10.5 Å². The fraction of sp³-hybridized carbons (Fsp3) is 0. The first kappa shape index (κ1) is 13.0. The minimum atomic E-state index is -0.270. The molecule has 92 valence electrons. The zero-order valence-electron chi connectivity index (χ0n) is 9.15. The Morgan fingerprint density at radius 1 is 1.22 bits per heavy atom. The van der Waals surface area contributed by atoms with E-state index in [-0.39, 0.29) is 5.91 Å². The highest BCUT2D eigenvalue weighted by Gasteiger charge is 2.09. The van der Waals surface area contributed by atoms with Crippen molar-refractivity contribution < 1.29 is 4.79 Å². The predicted molar refractivity (Wildman–Crippen MR) is 78.4 cm³/mol. The monoisotopic (exact) mass is 369 g/mol. The Kier molecular flexibility index (Phi) is 3.98. The third-order valence-electron chi connectivity index (χ3n) is 2.20. The third kappa shape index (κ3) is 3.08. The molecule has 0 atom stereocenters. The number of pyridine rings is 1. The van der Waals surface area contributed by atoms with Crippen molar-refractivity contribution in [3.05, 3.63) is 51.2 Å². The summed E-state index contributed by atoms with van der Waals surface area (Å²) in [5.41, 5.74) is 7.25. The fourth-order valence-corrected chi connectivity index (χ4v) is 2.06. The summed E-state index contributed by atoms with van der Waals surface area (Å²) in [6, 6.07) is 8.58. The summed E-state index contributed by atoms with van der Waals surface area (Å²) in [6.07, 6.45) is 1.58. The van der Waals surface area contributed by atoms with Crippen molar-refractivity contribution in [3.63, 3.8) is 0 Å². The molecular weight excluding hydrogens is 362 g/mol. The SMILES string of the molecule is Nc1ccc(NC(=O)c2ccc(Br)cn2)c(Br)c1. The number of hydrogen-bond donors (Lipinski definition) is 2. The van der Waals surface area contributed by atoms with E-state index in [1.807, 2.05) is 0 Å². The number of amides is 1. The molecular formula is C12H9Br2N3O. The van der Waals surface area contributed by atoms with Gasteiger partial charge in [0.1, 0.15) is 5.69 Å². The predicted octanol–water partition coefficient (Wildman–Crippen LogP) is 3.44. The van der Waals surface area contributed by atoms with Gasteiger partial charge in [-0.2, -0.15) is 0 Å². The Balaban J connectivity index is 2.18. The Hall–Kier alpha value is -1.40. The molecule has 0 fully saturated rings. The molecule has 0 saturated heterocycles. The van der Waals surface area contributed by atoms with Crippen LogP contribution in [-0.4, -0.2) is 10.9 Å². The smallest absolute Gasteiger partial charge is 0.274 e. The van der Waals surface area contributed by atoms with Crippen LogP contribution in [0.5, 0.6) is 0 Å². The summed E-state index contributed by atoms with van der Waals surface area (Å²) in [5.74, 6) is -0.270. The highest BCUT2D eigenvalue weighted by molar-refractivity contribution is 9.10. The minimum Gasteiger partial charge on any atom is -0.399 e. The third-order valence-corrected chi connectivity index (χ3v) is 3.33. The van der Waals surface area contributed by atoms with Crippen LogP contribution in [0, 0.1) is 0 Å². The molecule has 18 heavy (non-hydrogen) atoms. The van der Waals surface area contributed by atoms with Gasteiger partial charge in [-0.05, 0) is 62.2 Å². The lowest BCUT2D eigenvalue weighted by Crippen LogP contribution is -2.13. The Labute approximate surface area is 121 Å². The van der Waals surface area contributed by atoms with Crippen LogP contribution < -0.4 is 11.1 Å². The average Bonchev–Trinajstić information content (AvgIpc) is 2.33. The Bertz CT molecular complexity index is 584. The van der Waals surface area contributed by atoms with Crippen LogP contribution in [0.25, 0.3) is 0 Å². The van der Waals surface area contributed by atoms with Gasteiger partial charge in [-0.25, -0.2) is 4.98 Å². The van der Waals surface area contributed by atoms with Gasteiger partial charge in [-0.1, -0.05) is 0 Å². The molecule has 3 N–H and O–H groups in total. The number of carbonyl (C=O) groups excluding carboxylic acids is 1. The molecule has 1 aromatic heterocycles. The number of halogens is 2. The van der Waals surface area contributed by atoms with Gasteiger partial charge in [0.2, 0.25) is 0 Å². The highest BCUT2D eigenvalue weighted by atomic mass is 79.9. The molecule has 0 bridgehead atoms. The second kappa shape index (κ2) is 5.49. The largest absolute Gasteiger partial charge is 0.399 e. The first-order valence-corrected chi connectivity index (χ1v) is 6.63. The quantitative estimate of drug-likeness (QED) is 0.795. The van der Waals surface area contributed by atoms with E-state index in [2.05, 4.69) is 42.2 Å². The lowest BCUT2D eigenvalue weighted by atomic mass is 10.2. The van der Waals surface area contributed by atoms with E-state index in [1.54, 1.807) is 36.5 Å². The molecule has 4 nitrogen and oxygen atoms in total. The molecule has 0 unspecified atom stereocenters. The first-order chi connectivity index (χ1) is 8.56. The molecule has 0 saturated carbocycles. The van der Waals surface area contributed by atoms with Crippen LogP contribution in [0.15, 0.2) is 45.5 Å². The van der Waals surface area contributed by atoms with Gasteiger partial charge in [-0.15, -0.1) is 0 Å². The van der Waals surface area contributed by atoms with Gasteiger partial charge < -0.3 is 11.1 Å². The maximum atomic E-state index is 11.9. The van der Waals surface area contributed by atoms with Crippen molar-refractivity contribution in [1.82, 2.24) is 4.98 Å². The number of anilines is 2. The summed E-state index contributed by atoms with van der Waals surface area (Å²) in [4.78, 5) is 15.9. The maximum absolute atomic E-state index is 11.9. The second-order valence-corrected chi connectivity index (χ2v) is 5.33. The number of nitrogen functional groups attached to an aromatic ring is 1. The van der Waals surface area contributed by atoms with Crippen LogP contribution in [0.2, 0.25) is 0 Å².